The summed E-state index contributed by atoms with van der Waals surface area (Å²) in [6, 6.07) is 9.09. The molecule has 23 heavy (non-hydrogen) atoms. The molecule has 0 unspecified atom stereocenters. The van der Waals surface area contributed by atoms with Crippen LogP contribution in [-0.2, 0) is 0 Å². The monoisotopic (exact) mass is 376 g/mol. The summed E-state index contributed by atoms with van der Waals surface area (Å²) < 4.78 is 0.963. The highest BCUT2D eigenvalue weighted by Crippen LogP contribution is 2.15. The predicted octanol–water partition coefficient (Wildman–Crippen LogP) is 4.26. The minimum atomic E-state index is -0.246. The van der Waals surface area contributed by atoms with Crippen LogP contribution in [0.3, 0.4) is 0 Å². The molecule has 0 aliphatic heterocycles. The number of amides is 1. The second-order valence-corrected chi connectivity index (χ2v) is 6.70. The molecule has 1 heterocycles. The molecule has 0 atom stereocenters. The number of carbonyl (C=O) groups excluding carboxylic acids is 1. The van der Waals surface area contributed by atoms with Crippen molar-refractivity contribution in [1.82, 2.24) is 9.97 Å². The van der Waals surface area contributed by atoms with E-state index in [0.717, 1.165) is 28.8 Å². The van der Waals surface area contributed by atoms with Gasteiger partial charge in [0.2, 0.25) is 5.95 Å². The van der Waals surface area contributed by atoms with Crippen LogP contribution in [0.25, 0.3) is 0 Å². The molecule has 2 rings (SSSR count). The molecule has 0 radical (unpaired) electrons. The molecule has 1 aromatic heterocycles. The fourth-order valence-corrected chi connectivity index (χ4v) is 2.23. The van der Waals surface area contributed by atoms with Gasteiger partial charge in [0, 0.05) is 22.4 Å². The molecule has 0 saturated heterocycles. The first-order valence-corrected chi connectivity index (χ1v) is 8.40. The molecular weight excluding hydrogens is 356 g/mol. The van der Waals surface area contributed by atoms with Gasteiger partial charge in [-0.2, -0.15) is 0 Å². The van der Waals surface area contributed by atoms with Crippen molar-refractivity contribution in [2.45, 2.75) is 27.2 Å². The number of hydrogen-bond donors (Lipinski definition) is 2. The van der Waals surface area contributed by atoms with Gasteiger partial charge in [-0.1, -0.05) is 29.8 Å². The standard InChI is InChI=1S/C17H21BrN4O/c1-11(2)8-9-19-17-20-12(3)10-15(22-17)16(23)21-14-6-4-13(18)5-7-14/h4-7,10-11H,8-9H2,1-3H3,(H,21,23)(H,19,20,22). The van der Waals surface area contributed by atoms with E-state index in [-0.39, 0.29) is 5.91 Å². The van der Waals surface area contributed by atoms with E-state index in [1.54, 1.807) is 6.07 Å². The fraction of sp³-hybridized carbons (Fsp3) is 0.353. The minimum Gasteiger partial charge on any atom is -0.354 e. The number of halogens is 1. The van der Waals surface area contributed by atoms with Crippen LogP contribution >= 0.6 is 15.9 Å². The SMILES string of the molecule is Cc1cc(C(=O)Nc2ccc(Br)cc2)nc(NCCC(C)C)n1. The van der Waals surface area contributed by atoms with Gasteiger partial charge in [-0.25, -0.2) is 9.97 Å². The first kappa shape index (κ1) is 17.4. The maximum Gasteiger partial charge on any atom is 0.274 e. The number of nitrogens with zero attached hydrogens (tertiary/aromatic N) is 2. The fourth-order valence-electron chi connectivity index (χ4n) is 1.96. The molecule has 0 spiro atoms. The quantitative estimate of drug-likeness (QED) is 0.790. The lowest BCUT2D eigenvalue weighted by Crippen LogP contribution is -2.16. The van der Waals surface area contributed by atoms with Crippen LogP contribution in [0, 0.1) is 12.8 Å². The Morgan fingerprint density at radius 2 is 1.91 bits per heavy atom. The van der Waals surface area contributed by atoms with Crippen LogP contribution in [0.15, 0.2) is 34.8 Å². The van der Waals surface area contributed by atoms with Crippen LogP contribution in [-0.4, -0.2) is 22.4 Å². The average molecular weight is 377 g/mol. The zero-order valence-corrected chi connectivity index (χ0v) is 15.1. The van der Waals surface area contributed by atoms with Gasteiger partial charge in [-0.15, -0.1) is 0 Å². The van der Waals surface area contributed by atoms with Gasteiger partial charge in [-0.3, -0.25) is 4.79 Å². The van der Waals surface area contributed by atoms with Crippen molar-refractivity contribution in [3.8, 4) is 0 Å². The number of nitrogens with one attached hydrogen (secondary N) is 2. The number of anilines is 2. The van der Waals surface area contributed by atoms with E-state index in [1.165, 1.54) is 0 Å². The first-order chi connectivity index (χ1) is 10.9. The van der Waals surface area contributed by atoms with Gasteiger partial charge >= 0.3 is 0 Å². The van der Waals surface area contributed by atoms with E-state index in [4.69, 9.17) is 0 Å². The lowest BCUT2D eigenvalue weighted by atomic mass is 10.1. The van der Waals surface area contributed by atoms with Crippen molar-refractivity contribution < 1.29 is 4.79 Å². The highest BCUT2D eigenvalue weighted by atomic mass is 79.9. The van der Waals surface area contributed by atoms with Crippen molar-refractivity contribution in [3.63, 3.8) is 0 Å². The van der Waals surface area contributed by atoms with Crippen molar-refractivity contribution in [2.75, 3.05) is 17.2 Å². The second-order valence-electron chi connectivity index (χ2n) is 5.79. The summed E-state index contributed by atoms with van der Waals surface area (Å²) in [5, 5.41) is 6.01. The second kappa shape index (κ2) is 8.06. The maximum absolute atomic E-state index is 12.3. The van der Waals surface area contributed by atoms with Crippen LogP contribution in [0.1, 0.15) is 36.5 Å². The van der Waals surface area contributed by atoms with Crippen molar-refractivity contribution in [3.05, 3.63) is 46.2 Å². The number of rotatable bonds is 6. The average Bonchev–Trinajstić information content (AvgIpc) is 2.48. The molecule has 2 N–H and O–H groups in total. The molecular formula is C17H21BrN4O. The van der Waals surface area contributed by atoms with Crippen LogP contribution in [0.2, 0.25) is 0 Å². The summed E-state index contributed by atoms with van der Waals surface area (Å²) >= 11 is 3.37. The molecule has 0 aliphatic carbocycles. The third kappa shape index (κ3) is 5.63. The van der Waals surface area contributed by atoms with E-state index in [0.29, 0.717) is 17.6 Å². The Morgan fingerprint density at radius 3 is 2.57 bits per heavy atom. The number of benzene rings is 1. The largest absolute Gasteiger partial charge is 0.354 e. The third-order valence-corrected chi connectivity index (χ3v) is 3.72. The van der Waals surface area contributed by atoms with E-state index < -0.39 is 0 Å². The Hall–Kier alpha value is -1.95. The number of carbonyl (C=O) groups is 1. The molecule has 1 aromatic carbocycles. The molecule has 5 nitrogen and oxygen atoms in total. The maximum atomic E-state index is 12.3. The lowest BCUT2D eigenvalue weighted by Gasteiger charge is -2.10. The molecule has 2 aromatic rings. The van der Waals surface area contributed by atoms with Crippen LogP contribution in [0.4, 0.5) is 11.6 Å². The van der Waals surface area contributed by atoms with Gasteiger partial charge in [0.15, 0.2) is 0 Å². The van der Waals surface area contributed by atoms with E-state index >= 15 is 0 Å². The Morgan fingerprint density at radius 1 is 1.22 bits per heavy atom. The summed E-state index contributed by atoms with van der Waals surface area (Å²) in [5.41, 5.74) is 1.84. The molecule has 0 bridgehead atoms. The summed E-state index contributed by atoms with van der Waals surface area (Å²) in [7, 11) is 0. The normalized spacial score (nSPS) is 10.7. The molecule has 6 heteroatoms. The first-order valence-electron chi connectivity index (χ1n) is 7.60. The summed E-state index contributed by atoms with van der Waals surface area (Å²) in [4.78, 5) is 21.0. The van der Waals surface area contributed by atoms with Gasteiger partial charge in [0.25, 0.3) is 5.91 Å². The zero-order chi connectivity index (χ0) is 16.8. The molecule has 0 saturated carbocycles. The number of hydrogen-bond acceptors (Lipinski definition) is 4. The lowest BCUT2D eigenvalue weighted by molar-refractivity contribution is 0.102. The molecule has 0 fully saturated rings. The number of aromatic nitrogens is 2. The topological polar surface area (TPSA) is 66.9 Å². The Labute approximate surface area is 145 Å². The smallest absolute Gasteiger partial charge is 0.274 e. The number of aryl methyl sites for hydroxylation is 1. The van der Waals surface area contributed by atoms with Crippen LogP contribution in [0.5, 0.6) is 0 Å². The Balaban J connectivity index is 2.07. The highest BCUT2D eigenvalue weighted by Gasteiger charge is 2.11. The summed E-state index contributed by atoms with van der Waals surface area (Å²) in [5.74, 6) is 0.851. The van der Waals surface area contributed by atoms with Gasteiger partial charge in [-0.05, 0) is 49.6 Å². The molecule has 0 aliphatic rings. The van der Waals surface area contributed by atoms with Gasteiger partial charge in [0.05, 0.1) is 0 Å². The van der Waals surface area contributed by atoms with Gasteiger partial charge < -0.3 is 10.6 Å². The van der Waals surface area contributed by atoms with E-state index in [2.05, 4.69) is 50.4 Å². The molecule has 122 valence electrons. The van der Waals surface area contributed by atoms with Crippen molar-refractivity contribution >= 4 is 33.5 Å². The van der Waals surface area contributed by atoms with Crippen LogP contribution < -0.4 is 10.6 Å². The predicted molar refractivity (Wildman–Crippen MR) is 96.8 cm³/mol. The third-order valence-electron chi connectivity index (χ3n) is 3.19. The summed E-state index contributed by atoms with van der Waals surface area (Å²) in [6.07, 6.45) is 1.03. The Kier molecular flexibility index (Phi) is 6.10. The highest BCUT2D eigenvalue weighted by molar-refractivity contribution is 9.10. The van der Waals surface area contributed by atoms with Crippen molar-refractivity contribution in [2.24, 2.45) is 5.92 Å². The summed E-state index contributed by atoms with van der Waals surface area (Å²) in [6.45, 7) is 6.96. The van der Waals surface area contributed by atoms with E-state index in [9.17, 15) is 4.79 Å². The van der Waals surface area contributed by atoms with Gasteiger partial charge in [0.1, 0.15) is 5.69 Å². The minimum absolute atomic E-state index is 0.246. The Bertz CT molecular complexity index is 671. The van der Waals surface area contributed by atoms with E-state index in [1.807, 2.05) is 31.2 Å². The van der Waals surface area contributed by atoms with Crippen molar-refractivity contribution in [1.29, 1.82) is 0 Å². The zero-order valence-electron chi connectivity index (χ0n) is 13.6. The molecule has 1 amide bonds.